The number of hydrogen-bond acceptors (Lipinski definition) is 4. The van der Waals surface area contributed by atoms with Crippen molar-refractivity contribution in [2.75, 3.05) is 0 Å². The molecule has 0 unspecified atom stereocenters. The quantitative estimate of drug-likeness (QED) is 0.661. The van der Waals surface area contributed by atoms with Crippen LogP contribution in [0.25, 0.3) is 16.5 Å². The molecule has 3 aromatic rings. The SMILES string of the molecule is [NH-]C(=O)c1cc(C(=O)c2c(O)ccc3ccccc23)ccc1O.[Y]. The van der Waals surface area contributed by atoms with E-state index in [0.29, 0.717) is 5.39 Å². The fraction of sp³-hybridized carbons (Fsp3) is 0. The fourth-order valence-electron chi connectivity index (χ4n) is 2.50. The zero-order valence-corrected chi connectivity index (χ0v) is 15.3. The van der Waals surface area contributed by atoms with Crippen LogP contribution in [-0.2, 0) is 32.7 Å². The van der Waals surface area contributed by atoms with Crippen molar-refractivity contribution in [1.82, 2.24) is 0 Å². The smallest absolute Gasteiger partial charge is 0.197 e. The van der Waals surface area contributed by atoms with Crippen molar-refractivity contribution in [2.45, 2.75) is 0 Å². The predicted molar refractivity (Wildman–Crippen MR) is 85.8 cm³/mol. The molecule has 0 aliphatic carbocycles. The molecule has 3 N–H and O–H groups in total. The van der Waals surface area contributed by atoms with Gasteiger partial charge in [0.05, 0.1) is 11.5 Å². The maximum Gasteiger partial charge on any atom is 0.197 e. The normalized spacial score (nSPS) is 10.2. The Balaban J connectivity index is 0.00000208. The van der Waals surface area contributed by atoms with E-state index in [2.05, 4.69) is 0 Å². The van der Waals surface area contributed by atoms with Gasteiger partial charge in [-0.1, -0.05) is 30.3 Å². The van der Waals surface area contributed by atoms with Gasteiger partial charge in [-0.25, -0.2) is 0 Å². The summed E-state index contributed by atoms with van der Waals surface area (Å²) in [6.07, 6.45) is 0. The summed E-state index contributed by atoms with van der Waals surface area (Å²) in [7, 11) is 0. The van der Waals surface area contributed by atoms with E-state index in [1.807, 2.05) is 12.1 Å². The van der Waals surface area contributed by atoms with Crippen molar-refractivity contribution in [3.05, 3.63) is 77.0 Å². The van der Waals surface area contributed by atoms with Crippen LogP contribution in [-0.4, -0.2) is 21.9 Å². The van der Waals surface area contributed by atoms with Gasteiger partial charge in [0.2, 0.25) is 0 Å². The van der Waals surface area contributed by atoms with Gasteiger partial charge in [0.15, 0.2) is 5.78 Å². The number of phenols is 2. The van der Waals surface area contributed by atoms with Crippen LogP contribution in [0.2, 0.25) is 0 Å². The van der Waals surface area contributed by atoms with E-state index in [1.54, 1.807) is 18.2 Å². The van der Waals surface area contributed by atoms with Gasteiger partial charge in [0, 0.05) is 43.8 Å². The van der Waals surface area contributed by atoms with Crippen molar-refractivity contribution in [1.29, 1.82) is 0 Å². The third kappa shape index (κ3) is 3.18. The molecule has 117 valence electrons. The molecule has 0 atom stereocenters. The summed E-state index contributed by atoms with van der Waals surface area (Å²) >= 11 is 0. The average molecular weight is 395 g/mol. The molecule has 5 nitrogen and oxygen atoms in total. The van der Waals surface area contributed by atoms with Crippen molar-refractivity contribution < 1.29 is 52.5 Å². The molecule has 0 aromatic heterocycles. The van der Waals surface area contributed by atoms with Gasteiger partial charge >= 0.3 is 0 Å². The van der Waals surface area contributed by atoms with E-state index in [-0.39, 0.29) is 60.9 Å². The first-order chi connectivity index (χ1) is 11.0. The Morgan fingerprint density at radius 3 is 2.25 bits per heavy atom. The maximum atomic E-state index is 12.8. The van der Waals surface area contributed by atoms with E-state index in [4.69, 9.17) is 5.73 Å². The molecule has 3 rings (SSSR count). The van der Waals surface area contributed by atoms with Crippen LogP contribution in [0.4, 0.5) is 0 Å². The Bertz CT molecular complexity index is 953. The molecule has 24 heavy (non-hydrogen) atoms. The van der Waals surface area contributed by atoms with Crippen LogP contribution >= 0.6 is 0 Å². The van der Waals surface area contributed by atoms with Crippen LogP contribution in [0.15, 0.2) is 54.6 Å². The molecule has 0 saturated heterocycles. The third-order valence-corrected chi connectivity index (χ3v) is 3.64. The Kier molecular flexibility index (Phi) is 5.37. The average Bonchev–Trinajstić information content (AvgIpc) is 2.54. The Hall–Kier alpha value is -2.24. The first-order valence-electron chi connectivity index (χ1n) is 6.83. The van der Waals surface area contributed by atoms with Crippen molar-refractivity contribution in [2.24, 2.45) is 0 Å². The first kappa shape index (κ1) is 18.1. The minimum Gasteiger partial charge on any atom is -0.663 e. The molecule has 0 aliphatic rings. The molecule has 3 aromatic carbocycles. The molecule has 0 aliphatic heterocycles. The molecule has 0 spiro atoms. The number of phenolic OH excluding ortho intramolecular Hbond substituents is 2. The minimum absolute atomic E-state index is 0. The molecule has 0 bridgehead atoms. The van der Waals surface area contributed by atoms with Gasteiger partial charge in [0.1, 0.15) is 11.5 Å². The monoisotopic (exact) mass is 395 g/mol. The van der Waals surface area contributed by atoms with Gasteiger partial charge in [0.25, 0.3) is 0 Å². The largest absolute Gasteiger partial charge is 0.663 e. The second-order valence-corrected chi connectivity index (χ2v) is 5.07. The number of ketones is 1. The van der Waals surface area contributed by atoms with Crippen LogP contribution in [0.3, 0.4) is 0 Å². The molecule has 0 saturated carbocycles. The van der Waals surface area contributed by atoms with E-state index in [9.17, 15) is 19.8 Å². The summed E-state index contributed by atoms with van der Waals surface area (Å²) in [5.74, 6) is -2.09. The third-order valence-electron chi connectivity index (χ3n) is 3.64. The Morgan fingerprint density at radius 2 is 1.54 bits per heavy atom. The summed E-state index contributed by atoms with van der Waals surface area (Å²) in [6, 6.07) is 14.0. The molecule has 0 heterocycles. The number of fused-ring (bicyclic) bond motifs is 1. The number of carbonyl (C=O) groups excluding carboxylic acids is 2. The number of benzene rings is 3. The second-order valence-electron chi connectivity index (χ2n) is 5.07. The topological polar surface area (TPSA) is 98.4 Å². The summed E-state index contributed by atoms with van der Waals surface area (Å²) < 4.78 is 0. The number of hydrogen-bond donors (Lipinski definition) is 2. The van der Waals surface area contributed by atoms with Crippen LogP contribution in [0.5, 0.6) is 11.5 Å². The second kappa shape index (κ2) is 7.11. The molecule has 0 fully saturated rings. The molecular formula is C18H12NO4Y-. The minimum atomic E-state index is -1.08. The number of amides is 1. The van der Waals surface area contributed by atoms with E-state index < -0.39 is 11.7 Å². The van der Waals surface area contributed by atoms with E-state index in [1.165, 1.54) is 18.2 Å². The molecular weight excluding hydrogens is 383 g/mol. The standard InChI is InChI=1S/C18H13NO4.Y/c19-18(23)13-9-11(6-7-14(13)20)17(22)16-12-4-2-1-3-10(12)5-8-15(16)21;/h1-9H,(H4,19,20,21,22,23);/p-1. The van der Waals surface area contributed by atoms with Gasteiger partial charge in [-0.3, -0.25) is 4.79 Å². The van der Waals surface area contributed by atoms with E-state index >= 15 is 0 Å². The number of carbonyl (C=O) groups is 2. The molecule has 1 radical (unpaired) electrons. The van der Waals surface area contributed by atoms with Gasteiger partial charge in [-0.15, -0.1) is 0 Å². The number of aromatic hydroxyl groups is 2. The van der Waals surface area contributed by atoms with Crippen molar-refractivity contribution >= 4 is 22.5 Å². The van der Waals surface area contributed by atoms with Gasteiger partial charge in [-0.05, 0) is 35.0 Å². The van der Waals surface area contributed by atoms with Gasteiger partial charge in [-0.2, -0.15) is 0 Å². The van der Waals surface area contributed by atoms with Crippen molar-refractivity contribution in [3.8, 4) is 11.5 Å². The first-order valence-corrected chi connectivity index (χ1v) is 6.83. The van der Waals surface area contributed by atoms with E-state index in [0.717, 1.165) is 11.5 Å². The van der Waals surface area contributed by atoms with Gasteiger partial charge < -0.3 is 20.7 Å². The number of nitrogens with one attached hydrogen (secondary N) is 1. The Labute approximate surface area is 163 Å². The summed E-state index contributed by atoms with van der Waals surface area (Å²) in [5, 5.41) is 21.1. The van der Waals surface area contributed by atoms with Crippen LogP contribution in [0.1, 0.15) is 26.3 Å². The zero-order chi connectivity index (χ0) is 16.6. The van der Waals surface area contributed by atoms with Crippen molar-refractivity contribution in [3.63, 3.8) is 0 Å². The Morgan fingerprint density at radius 1 is 0.875 bits per heavy atom. The molecule has 1 amide bonds. The fourth-order valence-corrected chi connectivity index (χ4v) is 2.50. The van der Waals surface area contributed by atoms with Crippen LogP contribution in [0, 0.1) is 0 Å². The maximum absolute atomic E-state index is 12.8. The summed E-state index contributed by atoms with van der Waals surface area (Å²) in [6.45, 7) is 0. The number of rotatable bonds is 3. The summed E-state index contributed by atoms with van der Waals surface area (Å²) in [4.78, 5) is 24.0. The zero-order valence-electron chi connectivity index (χ0n) is 12.5. The molecule has 6 heteroatoms. The van der Waals surface area contributed by atoms with Crippen LogP contribution < -0.4 is 0 Å². The predicted octanol–water partition coefficient (Wildman–Crippen LogP) is 3.67. The summed E-state index contributed by atoms with van der Waals surface area (Å²) in [5.41, 5.74) is 7.10.